The van der Waals surface area contributed by atoms with E-state index in [2.05, 4.69) is 0 Å². The number of hydrogen-bond donors (Lipinski definition) is 0. The SMILES string of the molecule is Cc1ccc(S(=O)(=O)N2c3cc(Sc4ccc(Cl)cc4)ccc3OC3CCCCC32)cc1. The molecule has 1 fully saturated rings. The van der Waals surface area contributed by atoms with Crippen LogP contribution in [0.4, 0.5) is 5.69 Å². The van der Waals surface area contributed by atoms with Gasteiger partial charge in [-0.05, 0) is 80.8 Å². The number of aryl methyl sites for hydroxylation is 1. The summed E-state index contributed by atoms with van der Waals surface area (Å²) in [5.74, 6) is 0.629. The number of fused-ring (bicyclic) bond motifs is 2. The Labute approximate surface area is 198 Å². The highest BCUT2D eigenvalue weighted by molar-refractivity contribution is 7.99. The summed E-state index contributed by atoms with van der Waals surface area (Å²) in [6.07, 6.45) is 3.60. The van der Waals surface area contributed by atoms with Gasteiger partial charge in [-0.25, -0.2) is 8.42 Å². The van der Waals surface area contributed by atoms with Crippen LogP contribution in [-0.4, -0.2) is 20.6 Å². The number of nitrogens with zero attached hydrogens (tertiary/aromatic N) is 1. The van der Waals surface area contributed by atoms with Crippen LogP contribution in [0.3, 0.4) is 0 Å². The molecule has 1 heterocycles. The first-order valence-electron chi connectivity index (χ1n) is 10.8. The van der Waals surface area contributed by atoms with Crippen LogP contribution in [0.2, 0.25) is 5.02 Å². The number of hydrogen-bond acceptors (Lipinski definition) is 4. The monoisotopic (exact) mass is 485 g/mol. The molecule has 0 aromatic heterocycles. The van der Waals surface area contributed by atoms with Gasteiger partial charge in [-0.15, -0.1) is 0 Å². The Kier molecular flexibility index (Phi) is 5.86. The Morgan fingerprint density at radius 1 is 0.938 bits per heavy atom. The molecule has 32 heavy (non-hydrogen) atoms. The van der Waals surface area contributed by atoms with Crippen molar-refractivity contribution in [3.05, 3.63) is 77.3 Å². The van der Waals surface area contributed by atoms with Gasteiger partial charge < -0.3 is 4.74 Å². The fraction of sp³-hybridized carbons (Fsp3) is 0.280. The molecule has 3 aromatic rings. The molecule has 5 rings (SSSR count). The summed E-state index contributed by atoms with van der Waals surface area (Å²) in [7, 11) is -3.73. The summed E-state index contributed by atoms with van der Waals surface area (Å²) in [6.45, 7) is 1.96. The van der Waals surface area contributed by atoms with Crippen molar-refractivity contribution < 1.29 is 13.2 Å². The minimum Gasteiger partial charge on any atom is -0.486 e. The zero-order valence-corrected chi connectivity index (χ0v) is 20.1. The van der Waals surface area contributed by atoms with Crippen molar-refractivity contribution in [1.29, 1.82) is 0 Å². The predicted octanol–water partition coefficient (Wildman–Crippen LogP) is 6.70. The predicted molar refractivity (Wildman–Crippen MR) is 130 cm³/mol. The van der Waals surface area contributed by atoms with Crippen LogP contribution in [0.1, 0.15) is 31.2 Å². The molecule has 0 amide bonds. The molecule has 0 radical (unpaired) electrons. The summed E-state index contributed by atoms with van der Waals surface area (Å²) in [4.78, 5) is 2.30. The Balaban J connectivity index is 1.58. The fourth-order valence-electron chi connectivity index (χ4n) is 4.43. The van der Waals surface area contributed by atoms with Gasteiger partial charge in [0, 0.05) is 14.8 Å². The first kappa shape index (κ1) is 21.7. The first-order valence-corrected chi connectivity index (χ1v) is 13.4. The summed E-state index contributed by atoms with van der Waals surface area (Å²) in [5, 5.41) is 0.687. The van der Waals surface area contributed by atoms with Crippen LogP contribution in [-0.2, 0) is 10.0 Å². The standard InChI is InChI=1S/C25H24ClNO3S2/c1-17-6-13-21(14-7-17)32(28,29)27-22-4-2-3-5-24(22)30-25-15-12-20(16-23(25)27)31-19-10-8-18(26)9-11-19/h6-16,22,24H,2-5H2,1H3. The Bertz CT molecular complexity index is 1230. The quantitative estimate of drug-likeness (QED) is 0.412. The lowest BCUT2D eigenvalue weighted by Gasteiger charge is -2.44. The second-order valence-corrected chi connectivity index (χ2v) is 11.7. The third-order valence-corrected chi connectivity index (χ3v) is 9.14. The van der Waals surface area contributed by atoms with Gasteiger partial charge in [0.05, 0.1) is 16.6 Å². The highest BCUT2D eigenvalue weighted by Gasteiger charge is 2.43. The Morgan fingerprint density at radius 3 is 2.38 bits per heavy atom. The summed E-state index contributed by atoms with van der Waals surface area (Å²) >= 11 is 7.59. The molecule has 7 heteroatoms. The van der Waals surface area contributed by atoms with Gasteiger partial charge in [-0.3, -0.25) is 4.31 Å². The molecule has 2 unspecified atom stereocenters. The zero-order chi connectivity index (χ0) is 22.3. The minimum absolute atomic E-state index is 0.119. The fourth-order valence-corrected chi connectivity index (χ4v) is 7.11. The normalized spacial score (nSPS) is 20.2. The van der Waals surface area contributed by atoms with E-state index in [1.165, 1.54) is 0 Å². The lowest BCUT2D eigenvalue weighted by Crippen LogP contribution is -2.53. The van der Waals surface area contributed by atoms with Gasteiger partial charge >= 0.3 is 0 Å². The van der Waals surface area contributed by atoms with Crippen molar-refractivity contribution in [1.82, 2.24) is 0 Å². The van der Waals surface area contributed by atoms with Crippen LogP contribution in [0.5, 0.6) is 5.75 Å². The molecule has 1 aliphatic carbocycles. The molecule has 1 aliphatic heterocycles. The first-order chi connectivity index (χ1) is 15.4. The molecule has 2 atom stereocenters. The van der Waals surface area contributed by atoms with Crippen LogP contribution >= 0.6 is 23.4 Å². The van der Waals surface area contributed by atoms with E-state index >= 15 is 0 Å². The van der Waals surface area contributed by atoms with Gasteiger partial charge in [-0.1, -0.05) is 47.5 Å². The average molecular weight is 486 g/mol. The number of anilines is 1. The number of benzene rings is 3. The molecule has 0 saturated heterocycles. The lowest BCUT2D eigenvalue weighted by molar-refractivity contribution is 0.122. The van der Waals surface area contributed by atoms with Crippen molar-refractivity contribution in [3.63, 3.8) is 0 Å². The van der Waals surface area contributed by atoms with E-state index in [9.17, 15) is 8.42 Å². The molecule has 0 spiro atoms. The highest BCUT2D eigenvalue weighted by atomic mass is 35.5. The van der Waals surface area contributed by atoms with E-state index in [4.69, 9.17) is 16.3 Å². The molecule has 1 saturated carbocycles. The topological polar surface area (TPSA) is 46.6 Å². The maximum absolute atomic E-state index is 13.9. The minimum atomic E-state index is -3.73. The smallest absolute Gasteiger partial charge is 0.264 e. The van der Waals surface area contributed by atoms with Crippen molar-refractivity contribution in [3.8, 4) is 5.75 Å². The Hall–Kier alpha value is -2.15. The number of rotatable bonds is 4. The van der Waals surface area contributed by atoms with Crippen LogP contribution in [0.15, 0.2) is 81.4 Å². The molecule has 3 aromatic carbocycles. The van der Waals surface area contributed by atoms with Crippen molar-refractivity contribution in [2.75, 3.05) is 4.31 Å². The largest absolute Gasteiger partial charge is 0.486 e. The van der Waals surface area contributed by atoms with Gasteiger partial charge in [0.25, 0.3) is 10.0 Å². The molecule has 0 N–H and O–H groups in total. The number of halogens is 1. The van der Waals surface area contributed by atoms with E-state index < -0.39 is 10.0 Å². The zero-order valence-electron chi connectivity index (χ0n) is 17.7. The maximum Gasteiger partial charge on any atom is 0.264 e. The molecular weight excluding hydrogens is 462 g/mol. The van der Waals surface area contributed by atoms with Gasteiger partial charge in [0.15, 0.2) is 0 Å². The van der Waals surface area contributed by atoms with Gasteiger partial charge in [0.1, 0.15) is 11.9 Å². The van der Waals surface area contributed by atoms with Crippen LogP contribution in [0.25, 0.3) is 0 Å². The van der Waals surface area contributed by atoms with E-state index in [1.54, 1.807) is 28.2 Å². The van der Waals surface area contributed by atoms with Crippen molar-refractivity contribution in [2.45, 2.75) is 59.4 Å². The number of ether oxygens (including phenoxy) is 1. The molecule has 0 bridgehead atoms. The van der Waals surface area contributed by atoms with Crippen LogP contribution in [0, 0.1) is 6.92 Å². The highest BCUT2D eigenvalue weighted by Crippen LogP contribution is 2.46. The van der Waals surface area contributed by atoms with E-state index in [0.29, 0.717) is 21.4 Å². The van der Waals surface area contributed by atoms with E-state index in [0.717, 1.165) is 41.0 Å². The van der Waals surface area contributed by atoms with Gasteiger partial charge in [-0.2, -0.15) is 0 Å². The second-order valence-electron chi connectivity index (χ2n) is 8.31. The maximum atomic E-state index is 13.9. The van der Waals surface area contributed by atoms with Gasteiger partial charge in [0.2, 0.25) is 0 Å². The van der Waals surface area contributed by atoms with Crippen LogP contribution < -0.4 is 9.04 Å². The Morgan fingerprint density at radius 2 is 1.62 bits per heavy atom. The molecule has 2 aliphatic rings. The third-order valence-electron chi connectivity index (χ3n) is 6.04. The third kappa shape index (κ3) is 4.12. The molecular formula is C25H24ClNO3S2. The summed E-state index contributed by atoms with van der Waals surface area (Å²) in [6, 6.07) is 20.3. The second kappa shape index (κ2) is 8.65. The molecule has 166 valence electrons. The molecule has 4 nitrogen and oxygen atoms in total. The summed E-state index contributed by atoms with van der Waals surface area (Å²) < 4.78 is 35.7. The van der Waals surface area contributed by atoms with E-state index in [1.807, 2.05) is 61.5 Å². The summed E-state index contributed by atoms with van der Waals surface area (Å²) in [5.41, 5.74) is 1.65. The number of sulfonamides is 1. The van der Waals surface area contributed by atoms with E-state index in [-0.39, 0.29) is 12.1 Å². The van der Waals surface area contributed by atoms with Crippen molar-refractivity contribution >= 4 is 39.1 Å². The average Bonchev–Trinajstić information content (AvgIpc) is 2.79. The van der Waals surface area contributed by atoms with Crippen molar-refractivity contribution in [2.24, 2.45) is 0 Å². The lowest BCUT2D eigenvalue weighted by atomic mass is 9.91.